The molecule has 0 heterocycles. The summed E-state index contributed by atoms with van der Waals surface area (Å²) in [7, 11) is 0. The smallest absolute Gasteiger partial charge is 0.127 e. The average Bonchev–Trinajstić information content (AvgIpc) is 2.83. The van der Waals surface area contributed by atoms with Gasteiger partial charge in [-0.05, 0) is 95.9 Å². The summed E-state index contributed by atoms with van der Waals surface area (Å²) >= 11 is 3.40. The van der Waals surface area contributed by atoms with E-state index in [0.29, 0.717) is 0 Å². The third-order valence-corrected chi connectivity index (χ3v) is 6.94. The molecule has 4 rings (SSSR count). The molecule has 4 heteroatoms. The lowest BCUT2D eigenvalue weighted by Crippen LogP contribution is -2.10. The number of hydrogen-bond acceptors (Lipinski definition) is 4. The van der Waals surface area contributed by atoms with Crippen LogP contribution in [0.5, 0.6) is 17.2 Å². The van der Waals surface area contributed by atoms with Crippen molar-refractivity contribution in [3.05, 3.63) is 103 Å². The van der Waals surface area contributed by atoms with E-state index in [2.05, 4.69) is 71.0 Å². The molecule has 4 aromatic carbocycles. The van der Waals surface area contributed by atoms with Gasteiger partial charge in [-0.2, -0.15) is 0 Å². The summed E-state index contributed by atoms with van der Waals surface area (Å²) < 4.78 is 6.01. The molecule has 4 aromatic rings. The topological polar surface area (TPSA) is 29.5 Å². The lowest BCUT2D eigenvalue weighted by molar-refractivity contribution is 0.475. The molecule has 35 heavy (non-hydrogen) atoms. The van der Waals surface area contributed by atoms with Gasteiger partial charge in [0.25, 0.3) is 0 Å². The molecule has 0 aliphatic rings. The Morgan fingerprint density at radius 2 is 0.886 bits per heavy atom. The van der Waals surface area contributed by atoms with E-state index in [9.17, 15) is 5.11 Å². The van der Waals surface area contributed by atoms with Crippen molar-refractivity contribution >= 4 is 23.5 Å². The summed E-state index contributed by atoms with van der Waals surface area (Å²) in [6.45, 7) is 10.9. The zero-order chi connectivity index (χ0) is 25.3. The van der Waals surface area contributed by atoms with Crippen LogP contribution < -0.4 is 4.74 Å². The molecule has 0 aliphatic carbocycles. The molecule has 0 amide bonds. The molecule has 1 N–H and O–H groups in total. The Hall–Kier alpha value is -2.82. The minimum atomic E-state index is 0.171. The number of rotatable bonds is 6. The molecule has 0 spiro atoms. The summed E-state index contributed by atoms with van der Waals surface area (Å²) in [5.41, 5.74) is 1.52. The van der Waals surface area contributed by atoms with Crippen LogP contribution in [0.15, 0.2) is 117 Å². The maximum atomic E-state index is 9.40. The number of benzene rings is 4. The summed E-state index contributed by atoms with van der Waals surface area (Å²) in [4.78, 5) is 4.61. The molecule has 0 aliphatic heterocycles. The molecule has 0 unspecified atom stereocenters. The second-order valence-corrected chi connectivity index (χ2v) is 11.5. The van der Waals surface area contributed by atoms with Gasteiger partial charge in [0.2, 0.25) is 0 Å². The maximum Gasteiger partial charge on any atom is 0.127 e. The highest BCUT2D eigenvalue weighted by Gasteiger charge is 2.13. The first-order chi connectivity index (χ1) is 16.8. The minimum Gasteiger partial charge on any atom is -0.508 e. The van der Waals surface area contributed by atoms with Crippen LogP contribution >= 0.6 is 23.5 Å². The van der Waals surface area contributed by atoms with Crippen LogP contribution in [0.3, 0.4) is 0 Å². The second kappa shape index (κ2) is 12.8. The van der Waals surface area contributed by atoms with Gasteiger partial charge in [0.05, 0.1) is 0 Å². The van der Waals surface area contributed by atoms with Crippen molar-refractivity contribution < 1.29 is 9.84 Å². The van der Waals surface area contributed by atoms with Crippen LogP contribution in [0.1, 0.15) is 46.6 Å². The average molecular weight is 503 g/mol. The van der Waals surface area contributed by atoms with Crippen molar-refractivity contribution in [1.82, 2.24) is 0 Å². The van der Waals surface area contributed by atoms with Gasteiger partial charge < -0.3 is 9.84 Å². The highest BCUT2D eigenvalue weighted by molar-refractivity contribution is 7.99. The molecular formula is C31H34O2S2. The van der Waals surface area contributed by atoms with E-state index in [1.165, 1.54) is 21.8 Å². The number of hydrogen-bond donors (Lipinski definition) is 1. The Morgan fingerprint density at radius 3 is 1.23 bits per heavy atom. The summed E-state index contributed by atoms with van der Waals surface area (Å²) in [5, 5.41) is 9.40. The molecule has 182 valence electrons. The predicted molar refractivity (Wildman–Crippen MR) is 150 cm³/mol. The molecule has 0 atom stereocenters. The van der Waals surface area contributed by atoms with E-state index < -0.39 is 0 Å². The van der Waals surface area contributed by atoms with Gasteiger partial charge in [0.1, 0.15) is 17.2 Å². The number of phenols is 1. The van der Waals surface area contributed by atoms with E-state index in [1.807, 2.05) is 48.5 Å². The quantitative estimate of drug-likeness (QED) is 0.284. The van der Waals surface area contributed by atoms with Crippen molar-refractivity contribution in [1.29, 1.82) is 0 Å². The number of aromatic hydroxyl groups is 1. The summed E-state index contributed by atoms with van der Waals surface area (Å²) in [5.74, 6) is 1.90. The highest BCUT2D eigenvalue weighted by Crippen LogP contribution is 2.33. The van der Waals surface area contributed by atoms with Crippen LogP contribution in [0.2, 0.25) is 0 Å². The molecular weight excluding hydrogens is 468 g/mol. The minimum absolute atomic E-state index is 0.171. The predicted octanol–water partition coefficient (Wildman–Crippen LogP) is 10.2. The molecule has 0 fully saturated rings. The van der Waals surface area contributed by atoms with E-state index in [-0.39, 0.29) is 11.2 Å². The van der Waals surface area contributed by atoms with E-state index >= 15 is 0 Å². The fraction of sp³-hybridized carbons (Fsp3) is 0.226. The number of phenolic OH excluding ortho intramolecular Hbond substituents is 1. The fourth-order valence-electron chi connectivity index (χ4n) is 3.10. The van der Waals surface area contributed by atoms with E-state index in [0.717, 1.165) is 21.3 Å². The third-order valence-electron chi connectivity index (χ3n) is 4.91. The van der Waals surface area contributed by atoms with Crippen LogP contribution in [0, 0.1) is 0 Å². The lowest BCUT2D eigenvalue weighted by Gasteiger charge is -2.19. The van der Waals surface area contributed by atoms with E-state index in [4.69, 9.17) is 4.74 Å². The van der Waals surface area contributed by atoms with Crippen LogP contribution in [-0.4, -0.2) is 5.11 Å². The van der Waals surface area contributed by atoms with Crippen molar-refractivity contribution in [2.75, 3.05) is 0 Å². The largest absolute Gasteiger partial charge is 0.508 e. The van der Waals surface area contributed by atoms with Crippen LogP contribution in [-0.2, 0) is 5.41 Å². The molecule has 0 radical (unpaired) electrons. The first-order valence-electron chi connectivity index (χ1n) is 11.9. The Balaban J connectivity index is 0.00000108. The van der Waals surface area contributed by atoms with Crippen LogP contribution in [0.25, 0.3) is 0 Å². The third kappa shape index (κ3) is 8.72. The fourth-order valence-corrected chi connectivity index (χ4v) is 4.73. The standard InChI is InChI=1S/C28H26O2S2.C3H8/c1-28(2,3)20-4-12-24(13-5-20)31-26-16-8-22(9-17-26)30-23-10-18-27(19-11-23)32-25-14-6-21(29)7-15-25;1-3-2/h4-19,29H,1-3H3;3H2,1-2H3. The Bertz CT molecular complexity index is 1160. The van der Waals surface area contributed by atoms with Gasteiger partial charge in [-0.1, -0.05) is 76.7 Å². The first kappa shape index (κ1) is 26.8. The van der Waals surface area contributed by atoms with Gasteiger partial charge in [0.15, 0.2) is 0 Å². The van der Waals surface area contributed by atoms with Gasteiger partial charge >= 0.3 is 0 Å². The summed E-state index contributed by atoms with van der Waals surface area (Å²) in [6, 6.07) is 32.2. The van der Waals surface area contributed by atoms with Gasteiger partial charge in [-0.25, -0.2) is 0 Å². The molecule has 0 saturated carbocycles. The zero-order valence-electron chi connectivity index (χ0n) is 21.1. The monoisotopic (exact) mass is 502 g/mol. The normalized spacial score (nSPS) is 10.9. The van der Waals surface area contributed by atoms with Crippen molar-refractivity contribution in [2.24, 2.45) is 0 Å². The second-order valence-electron chi connectivity index (χ2n) is 9.22. The Labute approximate surface area is 218 Å². The molecule has 0 bridgehead atoms. The molecule has 2 nitrogen and oxygen atoms in total. The molecule has 0 aromatic heterocycles. The Morgan fingerprint density at radius 1 is 0.571 bits per heavy atom. The zero-order valence-corrected chi connectivity index (χ0v) is 22.7. The number of ether oxygens (including phenoxy) is 1. The van der Waals surface area contributed by atoms with Crippen molar-refractivity contribution in [3.8, 4) is 17.2 Å². The van der Waals surface area contributed by atoms with Gasteiger partial charge in [0, 0.05) is 19.6 Å². The lowest BCUT2D eigenvalue weighted by atomic mass is 9.87. The van der Waals surface area contributed by atoms with Crippen molar-refractivity contribution in [3.63, 3.8) is 0 Å². The SMILES string of the molecule is CC(C)(C)c1ccc(Sc2ccc(Oc3ccc(Sc4ccc(O)cc4)cc3)cc2)cc1.CCC. The maximum absolute atomic E-state index is 9.40. The Kier molecular flexibility index (Phi) is 9.76. The van der Waals surface area contributed by atoms with Gasteiger partial charge in [-0.3, -0.25) is 0 Å². The van der Waals surface area contributed by atoms with E-state index in [1.54, 1.807) is 35.7 Å². The summed E-state index contributed by atoms with van der Waals surface area (Å²) in [6.07, 6.45) is 1.25. The van der Waals surface area contributed by atoms with Crippen molar-refractivity contribution in [2.45, 2.75) is 66.0 Å². The first-order valence-corrected chi connectivity index (χ1v) is 13.5. The highest BCUT2D eigenvalue weighted by atomic mass is 32.2. The van der Waals surface area contributed by atoms with Gasteiger partial charge in [-0.15, -0.1) is 0 Å². The van der Waals surface area contributed by atoms with Crippen LogP contribution in [0.4, 0.5) is 0 Å². The molecule has 0 saturated heterocycles.